The molecule has 150 valence electrons. The number of carbonyl (C=O) groups excluding carboxylic acids is 1. The standard InChI is InChI=1S/C24H26N2O3/c1-16(2)8-9-18-10-12-19(13-11-18)17(3)24(27)25-22-15-14-20-6-4-5-7-21(20)23(22)26(28)29/h4-7,10-17H,8-9H2,1-3H3,(H,25,27). The minimum atomic E-state index is -0.438. The summed E-state index contributed by atoms with van der Waals surface area (Å²) in [6.07, 6.45) is 2.14. The Balaban J connectivity index is 1.79. The van der Waals surface area contributed by atoms with E-state index in [0.29, 0.717) is 11.3 Å². The average Bonchev–Trinajstić information content (AvgIpc) is 2.71. The molecule has 0 bridgehead atoms. The van der Waals surface area contributed by atoms with Crippen LogP contribution in [0.4, 0.5) is 11.4 Å². The van der Waals surface area contributed by atoms with E-state index < -0.39 is 10.8 Å². The lowest BCUT2D eigenvalue weighted by Crippen LogP contribution is -2.19. The molecule has 0 spiro atoms. The van der Waals surface area contributed by atoms with Crippen molar-refractivity contribution in [3.05, 3.63) is 81.9 Å². The van der Waals surface area contributed by atoms with Gasteiger partial charge in [0.1, 0.15) is 5.69 Å². The van der Waals surface area contributed by atoms with Gasteiger partial charge in [-0.3, -0.25) is 14.9 Å². The number of benzene rings is 3. The fraction of sp³-hybridized carbons (Fsp3) is 0.292. The molecule has 3 aromatic carbocycles. The second kappa shape index (κ2) is 8.86. The zero-order valence-corrected chi connectivity index (χ0v) is 17.0. The lowest BCUT2D eigenvalue weighted by Gasteiger charge is -2.14. The largest absolute Gasteiger partial charge is 0.320 e. The van der Waals surface area contributed by atoms with Gasteiger partial charge in [0, 0.05) is 0 Å². The smallest absolute Gasteiger partial charge is 0.300 e. The van der Waals surface area contributed by atoms with Crippen molar-refractivity contribution in [3.8, 4) is 0 Å². The third kappa shape index (κ3) is 4.80. The van der Waals surface area contributed by atoms with Crippen LogP contribution in [0, 0.1) is 16.0 Å². The van der Waals surface area contributed by atoms with E-state index in [1.165, 1.54) is 5.56 Å². The Morgan fingerprint density at radius 3 is 2.34 bits per heavy atom. The summed E-state index contributed by atoms with van der Waals surface area (Å²) in [6.45, 7) is 6.21. The molecule has 0 radical (unpaired) electrons. The summed E-state index contributed by atoms with van der Waals surface area (Å²) in [4.78, 5) is 24.0. The van der Waals surface area contributed by atoms with Crippen molar-refractivity contribution in [1.29, 1.82) is 0 Å². The number of hydrogen-bond acceptors (Lipinski definition) is 3. The van der Waals surface area contributed by atoms with Gasteiger partial charge in [0.15, 0.2) is 0 Å². The van der Waals surface area contributed by atoms with Crippen LogP contribution in [0.3, 0.4) is 0 Å². The summed E-state index contributed by atoms with van der Waals surface area (Å²) >= 11 is 0. The quantitative estimate of drug-likeness (QED) is 0.392. The van der Waals surface area contributed by atoms with Crippen molar-refractivity contribution < 1.29 is 9.72 Å². The first kappa shape index (κ1) is 20.5. The minimum absolute atomic E-state index is 0.0762. The lowest BCUT2D eigenvalue weighted by atomic mass is 9.96. The van der Waals surface area contributed by atoms with Crippen LogP contribution in [0.25, 0.3) is 10.8 Å². The number of fused-ring (bicyclic) bond motifs is 1. The Morgan fingerprint density at radius 1 is 1.00 bits per heavy atom. The van der Waals surface area contributed by atoms with Gasteiger partial charge in [-0.05, 0) is 54.3 Å². The Hall–Kier alpha value is -3.21. The van der Waals surface area contributed by atoms with Crippen molar-refractivity contribution in [1.82, 2.24) is 0 Å². The first-order chi connectivity index (χ1) is 13.9. The van der Waals surface area contributed by atoms with Crippen LogP contribution in [-0.4, -0.2) is 10.8 Å². The number of carbonyl (C=O) groups is 1. The minimum Gasteiger partial charge on any atom is -0.320 e. The van der Waals surface area contributed by atoms with Crippen molar-refractivity contribution in [3.63, 3.8) is 0 Å². The molecule has 0 saturated carbocycles. The lowest BCUT2D eigenvalue weighted by molar-refractivity contribution is -0.382. The number of amides is 1. The van der Waals surface area contributed by atoms with E-state index in [9.17, 15) is 14.9 Å². The van der Waals surface area contributed by atoms with E-state index in [1.54, 1.807) is 24.3 Å². The van der Waals surface area contributed by atoms with E-state index in [0.717, 1.165) is 23.8 Å². The van der Waals surface area contributed by atoms with Crippen LogP contribution in [0.15, 0.2) is 60.7 Å². The Labute approximate surface area is 170 Å². The third-order valence-electron chi connectivity index (χ3n) is 5.22. The van der Waals surface area contributed by atoms with E-state index in [-0.39, 0.29) is 17.3 Å². The topological polar surface area (TPSA) is 72.2 Å². The van der Waals surface area contributed by atoms with Crippen LogP contribution in [0.1, 0.15) is 44.2 Å². The SMILES string of the molecule is CC(C)CCc1ccc(C(C)C(=O)Nc2ccc3ccccc3c2[N+](=O)[O-])cc1. The van der Waals surface area contributed by atoms with Gasteiger partial charge in [-0.2, -0.15) is 0 Å². The molecule has 1 atom stereocenters. The Bertz CT molecular complexity index is 1030. The molecule has 0 aromatic heterocycles. The van der Waals surface area contributed by atoms with Gasteiger partial charge in [0.25, 0.3) is 5.69 Å². The zero-order valence-electron chi connectivity index (χ0n) is 17.0. The number of aryl methyl sites for hydroxylation is 1. The third-order valence-corrected chi connectivity index (χ3v) is 5.22. The van der Waals surface area contributed by atoms with Crippen molar-refractivity contribution >= 4 is 28.1 Å². The molecular weight excluding hydrogens is 364 g/mol. The summed E-state index contributed by atoms with van der Waals surface area (Å²) in [5.74, 6) is -0.0318. The summed E-state index contributed by atoms with van der Waals surface area (Å²) in [6, 6.07) is 18.5. The van der Waals surface area contributed by atoms with E-state index >= 15 is 0 Å². The first-order valence-corrected chi connectivity index (χ1v) is 9.92. The molecule has 0 aliphatic carbocycles. The number of nitrogens with one attached hydrogen (secondary N) is 1. The highest BCUT2D eigenvalue weighted by Gasteiger charge is 2.22. The number of hydrogen-bond donors (Lipinski definition) is 1. The Kier molecular flexibility index (Phi) is 6.27. The number of anilines is 1. The molecule has 29 heavy (non-hydrogen) atoms. The summed E-state index contributed by atoms with van der Waals surface area (Å²) in [5.41, 5.74) is 2.28. The van der Waals surface area contributed by atoms with Crippen LogP contribution in [-0.2, 0) is 11.2 Å². The van der Waals surface area contributed by atoms with E-state index in [1.807, 2.05) is 31.2 Å². The van der Waals surface area contributed by atoms with Gasteiger partial charge in [-0.25, -0.2) is 0 Å². The highest BCUT2D eigenvalue weighted by atomic mass is 16.6. The van der Waals surface area contributed by atoms with Gasteiger partial charge in [-0.15, -0.1) is 0 Å². The van der Waals surface area contributed by atoms with Crippen molar-refractivity contribution in [2.24, 2.45) is 5.92 Å². The predicted molar refractivity (Wildman–Crippen MR) is 117 cm³/mol. The molecule has 0 aliphatic heterocycles. The predicted octanol–water partition coefficient (Wildman–Crippen LogP) is 6.08. The van der Waals surface area contributed by atoms with Crippen molar-refractivity contribution in [2.45, 2.75) is 39.5 Å². The van der Waals surface area contributed by atoms with Gasteiger partial charge < -0.3 is 5.32 Å². The first-order valence-electron chi connectivity index (χ1n) is 9.92. The maximum atomic E-state index is 12.8. The molecule has 0 saturated heterocycles. The highest BCUT2D eigenvalue weighted by Crippen LogP contribution is 2.34. The second-order valence-corrected chi connectivity index (χ2v) is 7.83. The molecule has 1 N–H and O–H groups in total. The molecule has 1 amide bonds. The van der Waals surface area contributed by atoms with Gasteiger partial charge >= 0.3 is 0 Å². The monoisotopic (exact) mass is 390 g/mol. The second-order valence-electron chi connectivity index (χ2n) is 7.83. The number of nitrogens with zero attached hydrogens (tertiary/aromatic N) is 1. The normalized spacial score (nSPS) is 12.1. The molecule has 0 fully saturated rings. The van der Waals surface area contributed by atoms with E-state index in [2.05, 4.69) is 31.3 Å². The highest BCUT2D eigenvalue weighted by molar-refractivity contribution is 6.03. The maximum absolute atomic E-state index is 12.8. The molecule has 0 heterocycles. The molecule has 1 unspecified atom stereocenters. The Morgan fingerprint density at radius 2 is 1.69 bits per heavy atom. The number of nitro benzene ring substituents is 1. The molecule has 3 aromatic rings. The summed E-state index contributed by atoms with van der Waals surface area (Å²) < 4.78 is 0. The van der Waals surface area contributed by atoms with Gasteiger partial charge in [0.05, 0.1) is 16.2 Å². The average molecular weight is 390 g/mol. The van der Waals surface area contributed by atoms with Gasteiger partial charge in [-0.1, -0.05) is 62.4 Å². The molecule has 5 nitrogen and oxygen atoms in total. The van der Waals surface area contributed by atoms with Crippen LogP contribution in [0.5, 0.6) is 0 Å². The maximum Gasteiger partial charge on any atom is 0.300 e. The fourth-order valence-electron chi connectivity index (χ4n) is 3.37. The summed E-state index contributed by atoms with van der Waals surface area (Å²) in [5, 5.41) is 15.7. The molecule has 3 rings (SSSR count). The molecule has 0 aliphatic rings. The zero-order chi connectivity index (χ0) is 21.0. The molecule has 5 heteroatoms. The van der Waals surface area contributed by atoms with Gasteiger partial charge in [0.2, 0.25) is 5.91 Å². The number of rotatable bonds is 7. The summed E-state index contributed by atoms with van der Waals surface area (Å²) in [7, 11) is 0. The van der Waals surface area contributed by atoms with Crippen LogP contribution in [0.2, 0.25) is 0 Å². The van der Waals surface area contributed by atoms with E-state index in [4.69, 9.17) is 0 Å². The molecular formula is C24H26N2O3. The fourth-order valence-corrected chi connectivity index (χ4v) is 3.37. The van der Waals surface area contributed by atoms with Crippen LogP contribution >= 0.6 is 0 Å². The van der Waals surface area contributed by atoms with Crippen LogP contribution < -0.4 is 5.32 Å². The number of nitro groups is 1. The van der Waals surface area contributed by atoms with Crippen molar-refractivity contribution in [2.75, 3.05) is 5.32 Å².